The Bertz CT molecular complexity index is 516. The number of urea groups is 1. The van der Waals surface area contributed by atoms with Crippen molar-refractivity contribution in [3.8, 4) is 0 Å². The highest BCUT2D eigenvalue weighted by atomic mass is 16.2. The van der Waals surface area contributed by atoms with Crippen LogP contribution in [0.1, 0.15) is 20.3 Å². The van der Waals surface area contributed by atoms with E-state index in [0.717, 1.165) is 32.6 Å². The molecule has 2 N–H and O–H groups in total. The fraction of sp³-hybridized carbons (Fsp3) is 0.600. The Morgan fingerprint density at radius 2 is 1.87 bits per heavy atom. The molecule has 1 aromatic heterocycles. The molecule has 0 unspecified atom stereocenters. The number of carbonyl (C=O) groups excluding carboxylic acids is 2. The van der Waals surface area contributed by atoms with E-state index in [1.165, 1.54) is 0 Å². The monoisotopic (exact) mass is 320 g/mol. The van der Waals surface area contributed by atoms with Crippen molar-refractivity contribution in [1.29, 1.82) is 0 Å². The first kappa shape index (κ1) is 17.1. The third kappa shape index (κ3) is 5.48. The zero-order valence-electron chi connectivity index (χ0n) is 13.7. The highest BCUT2D eigenvalue weighted by molar-refractivity contribution is 5.95. The summed E-state index contributed by atoms with van der Waals surface area (Å²) in [5, 5.41) is 5.08. The minimum atomic E-state index is -0.430. The predicted octanol–water partition coefficient (Wildman–Crippen LogP) is 0.223. The molecule has 2 heterocycles. The van der Waals surface area contributed by atoms with E-state index < -0.39 is 6.03 Å². The van der Waals surface area contributed by atoms with Gasteiger partial charge in [0.2, 0.25) is 11.9 Å². The van der Waals surface area contributed by atoms with Gasteiger partial charge in [-0.3, -0.25) is 15.0 Å². The number of anilines is 1. The molecule has 23 heavy (non-hydrogen) atoms. The van der Waals surface area contributed by atoms with Gasteiger partial charge in [0.15, 0.2) is 0 Å². The summed E-state index contributed by atoms with van der Waals surface area (Å²) in [6.07, 6.45) is 4.27. The second-order valence-electron chi connectivity index (χ2n) is 5.64. The number of aromatic nitrogens is 2. The number of nitrogens with one attached hydrogen (secondary N) is 2. The van der Waals surface area contributed by atoms with Crippen molar-refractivity contribution in [2.45, 2.75) is 26.3 Å². The highest BCUT2D eigenvalue weighted by Gasteiger charge is 2.21. The minimum Gasteiger partial charge on any atom is -0.338 e. The maximum absolute atomic E-state index is 11.9. The smallest absolute Gasteiger partial charge is 0.321 e. The van der Waals surface area contributed by atoms with Gasteiger partial charge in [-0.2, -0.15) is 0 Å². The van der Waals surface area contributed by atoms with E-state index >= 15 is 0 Å². The maximum atomic E-state index is 11.9. The summed E-state index contributed by atoms with van der Waals surface area (Å²) in [4.78, 5) is 36.1. The number of imide groups is 1. The maximum Gasteiger partial charge on any atom is 0.321 e. The molecule has 3 amide bonds. The van der Waals surface area contributed by atoms with E-state index in [1.54, 1.807) is 18.5 Å². The molecule has 1 atom stereocenters. The van der Waals surface area contributed by atoms with Crippen LogP contribution in [0.3, 0.4) is 0 Å². The minimum absolute atomic E-state index is 0.0530. The first-order valence-electron chi connectivity index (χ1n) is 7.93. The first-order valence-corrected chi connectivity index (χ1v) is 7.93. The second-order valence-corrected chi connectivity index (χ2v) is 5.64. The van der Waals surface area contributed by atoms with Crippen LogP contribution in [0.2, 0.25) is 0 Å². The first-order chi connectivity index (χ1) is 11.1. The van der Waals surface area contributed by atoms with E-state index in [-0.39, 0.29) is 18.5 Å². The summed E-state index contributed by atoms with van der Waals surface area (Å²) in [6.45, 7) is 7.08. The molecule has 0 bridgehead atoms. The lowest BCUT2D eigenvalue weighted by atomic mass is 10.3. The van der Waals surface area contributed by atoms with Crippen molar-refractivity contribution in [1.82, 2.24) is 25.5 Å². The summed E-state index contributed by atoms with van der Waals surface area (Å²) in [6, 6.07) is 1.41. The lowest BCUT2D eigenvalue weighted by Crippen LogP contribution is -2.52. The molecule has 1 fully saturated rings. The molecular formula is C15H24N6O2. The Morgan fingerprint density at radius 3 is 2.48 bits per heavy atom. The molecule has 126 valence electrons. The zero-order chi connectivity index (χ0) is 16.7. The van der Waals surface area contributed by atoms with Gasteiger partial charge in [-0.05, 0) is 19.4 Å². The number of hydrogen-bond donors (Lipinski definition) is 2. The largest absolute Gasteiger partial charge is 0.338 e. The molecule has 8 heteroatoms. The van der Waals surface area contributed by atoms with Crippen LogP contribution in [0.4, 0.5) is 10.7 Å². The standard InChI is InChI=1S/C15H24N6O2/c1-3-12(2)18-15(23)19-13(22)11-20-7-9-21(10-8-20)14-16-5-4-6-17-14/h4-6,12H,3,7-11H2,1-2H3,(H2,18,19,22,23)/t12-/m1/s1. The van der Waals surface area contributed by atoms with E-state index in [4.69, 9.17) is 0 Å². The summed E-state index contributed by atoms with van der Waals surface area (Å²) >= 11 is 0. The number of nitrogens with zero attached hydrogens (tertiary/aromatic N) is 4. The van der Waals surface area contributed by atoms with Crippen molar-refractivity contribution in [3.63, 3.8) is 0 Å². The molecular weight excluding hydrogens is 296 g/mol. The SMILES string of the molecule is CC[C@@H](C)NC(=O)NC(=O)CN1CCN(c2ncccn2)CC1. The van der Waals surface area contributed by atoms with E-state index in [9.17, 15) is 9.59 Å². The van der Waals surface area contributed by atoms with Crippen LogP contribution >= 0.6 is 0 Å². The predicted molar refractivity (Wildman–Crippen MR) is 87.1 cm³/mol. The van der Waals surface area contributed by atoms with Crippen LogP contribution in [-0.2, 0) is 4.79 Å². The van der Waals surface area contributed by atoms with Crippen molar-refractivity contribution in [2.75, 3.05) is 37.6 Å². The third-order valence-electron chi connectivity index (χ3n) is 3.82. The van der Waals surface area contributed by atoms with Gasteiger partial charge in [-0.15, -0.1) is 0 Å². The number of piperazine rings is 1. The average molecular weight is 320 g/mol. The van der Waals surface area contributed by atoms with E-state index in [1.807, 2.05) is 18.7 Å². The van der Waals surface area contributed by atoms with Crippen LogP contribution in [-0.4, -0.2) is 65.6 Å². The molecule has 2 rings (SSSR count). The summed E-state index contributed by atoms with van der Waals surface area (Å²) in [7, 11) is 0. The number of amides is 3. The van der Waals surface area contributed by atoms with Gasteiger partial charge < -0.3 is 10.2 Å². The number of carbonyl (C=O) groups is 2. The van der Waals surface area contributed by atoms with Crippen LogP contribution in [0.5, 0.6) is 0 Å². The molecule has 0 aliphatic carbocycles. The van der Waals surface area contributed by atoms with Crippen LogP contribution < -0.4 is 15.5 Å². The Labute approximate surface area is 136 Å². The van der Waals surface area contributed by atoms with Gasteiger partial charge in [0.05, 0.1) is 6.54 Å². The van der Waals surface area contributed by atoms with Gasteiger partial charge >= 0.3 is 6.03 Å². The fourth-order valence-electron chi connectivity index (χ4n) is 2.29. The van der Waals surface area contributed by atoms with E-state index in [2.05, 4.69) is 25.5 Å². The van der Waals surface area contributed by atoms with Crippen LogP contribution in [0.15, 0.2) is 18.5 Å². The number of hydrogen-bond acceptors (Lipinski definition) is 6. The molecule has 0 spiro atoms. The molecule has 0 saturated carbocycles. The molecule has 1 saturated heterocycles. The lowest BCUT2D eigenvalue weighted by molar-refractivity contribution is -0.121. The summed E-state index contributed by atoms with van der Waals surface area (Å²) < 4.78 is 0. The highest BCUT2D eigenvalue weighted by Crippen LogP contribution is 2.09. The van der Waals surface area contributed by atoms with Gasteiger partial charge in [-0.25, -0.2) is 14.8 Å². The van der Waals surface area contributed by atoms with Crippen molar-refractivity contribution in [3.05, 3.63) is 18.5 Å². The van der Waals surface area contributed by atoms with Gasteiger partial charge in [0.25, 0.3) is 0 Å². The Kier molecular flexibility index (Phi) is 6.28. The Balaban J connectivity index is 1.71. The van der Waals surface area contributed by atoms with Gasteiger partial charge in [-0.1, -0.05) is 6.92 Å². The van der Waals surface area contributed by atoms with Gasteiger partial charge in [0, 0.05) is 44.6 Å². The quantitative estimate of drug-likeness (QED) is 0.807. The molecule has 0 radical (unpaired) electrons. The van der Waals surface area contributed by atoms with E-state index in [0.29, 0.717) is 5.95 Å². The average Bonchev–Trinajstić information content (AvgIpc) is 2.56. The third-order valence-corrected chi connectivity index (χ3v) is 3.82. The lowest BCUT2D eigenvalue weighted by Gasteiger charge is -2.34. The van der Waals surface area contributed by atoms with Crippen molar-refractivity contribution < 1.29 is 9.59 Å². The zero-order valence-corrected chi connectivity index (χ0v) is 13.7. The molecule has 1 aliphatic heterocycles. The molecule has 8 nitrogen and oxygen atoms in total. The Hall–Kier alpha value is -2.22. The number of rotatable bonds is 5. The van der Waals surface area contributed by atoms with Crippen molar-refractivity contribution in [2.24, 2.45) is 0 Å². The Morgan fingerprint density at radius 1 is 1.22 bits per heavy atom. The fourth-order valence-corrected chi connectivity index (χ4v) is 2.29. The topological polar surface area (TPSA) is 90.5 Å². The second kappa shape index (κ2) is 8.42. The molecule has 1 aliphatic rings. The molecule has 1 aromatic rings. The van der Waals surface area contributed by atoms with Crippen molar-refractivity contribution >= 4 is 17.9 Å². The normalized spacial score (nSPS) is 16.7. The van der Waals surface area contributed by atoms with Gasteiger partial charge in [0.1, 0.15) is 0 Å². The summed E-state index contributed by atoms with van der Waals surface area (Å²) in [5.41, 5.74) is 0. The molecule has 0 aromatic carbocycles. The summed E-state index contributed by atoms with van der Waals surface area (Å²) in [5.74, 6) is 0.430. The van der Waals surface area contributed by atoms with Crippen LogP contribution in [0, 0.1) is 0 Å². The van der Waals surface area contributed by atoms with Crippen LogP contribution in [0.25, 0.3) is 0 Å².